The number of fused-ring (bicyclic) bond motifs is 2. The van der Waals surface area contributed by atoms with Crippen molar-refractivity contribution in [3.63, 3.8) is 0 Å². The Balaban J connectivity index is 1.57. The Morgan fingerprint density at radius 1 is 1.47 bits per heavy atom. The Labute approximate surface area is 101 Å². The molecule has 0 aromatic rings. The molecular weight excluding hydrogens is 222 g/mol. The van der Waals surface area contributed by atoms with Gasteiger partial charge in [0.05, 0.1) is 6.61 Å². The summed E-state index contributed by atoms with van der Waals surface area (Å²) in [5, 5.41) is 8.55. The molecule has 2 bridgehead atoms. The van der Waals surface area contributed by atoms with Crippen LogP contribution in [0.1, 0.15) is 32.1 Å². The Bertz CT molecular complexity index is 326. The molecule has 3 N–H and O–H groups in total. The van der Waals surface area contributed by atoms with Crippen molar-refractivity contribution in [3.8, 4) is 0 Å². The van der Waals surface area contributed by atoms with Gasteiger partial charge in [-0.2, -0.15) is 0 Å². The third-order valence-electron chi connectivity index (χ3n) is 3.57. The smallest absolute Gasteiger partial charge is 0.320 e. The van der Waals surface area contributed by atoms with Crippen LogP contribution in [0.15, 0.2) is 11.1 Å². The fraction of sp³-hybridized carbons (Fsp3) is 0.750. The van der Waals surface area contributed by atoms with E-state index in [-0.39, 0.29) is 13.0 Å². The molecule has 5 heteroatoms. The molecular formula is C12H19NO4. The molecule has 2 rings (SSSR count). The zero-order chi connectivity index (χ0) is 12.3. The van der Waals surface area contributed by atoms with Crippen LogP contribution in [-0.2, 0) is 14.6 Å². The standard InChI is InChI=1S/C12H19NO4/c13-11(12(14)15)3-4-16-17-7-10-6-8-1-2-9(10)5-8/h8,11H,1-7,13H2,(H,14,15)/t8?,11-/m0/s1. The van der Waals surface area contributed by atoms with E-state index >= 15 is 0 Å². The van der Waals surface area contributed by atoms with E-state index in [2.05, 4.69) is 0 Å². The van der Waals surface area contributed by atoms with Gasteiger partial charge in [0.15, 0.2) is 0 Å². The lowest BCUT2D eigenvalue weighted by Gasteiger charge is -2.12. The van der Waals surface area contributed by atoms with Gasteiger partial charge in [0, 0.05) is 0 Å². The molecule has 1 saturated carbocycles. The van der Waals surface area contributed by atoms with Gasteiger partial charge < -0.3 is 10.8 Å². The molecule has 17 heavy (non-hydrogen) atoms. The Morgan fingerprint density at radius 2 is 2.29 bits per heavy atom. The second-order valence-electron chi connectivity index (χ2n) is 4.84. The summed E-state index contributed by atoms with van der Waals surface area (Å²) >= 11 is 0. The minimum Gasteiger partial charge on any atom is -0.480 e. The summed E-state index contributed by atoms with van der Waals surface area (Å²) in [5.74, 6) is -0.171. The second-order valence-corrected chi connectivity index (χ2v) is 4.84. The molecule has 0 saturated heterocycles. The zero-order valence-corrected chi connectivity index (χ0v) is 9.85. The van der Waals surface area contributed by atoms with Gasteiger partial charge in [0.25, 0.3) is 0 Å². The van der Waals surface area contributed by atoms with Gasteiger partial charge in [-0.15, -0.1) is 0 Å². The summed E-state index contributed by atoms with van der Waals surface area (Å²) in [6, 6.07) is -0.872. The lowest BCUT2D eigenvalue weighted by atomic mass is 10.00. The first-order valence-corrected chi connectivity index (χ1v) is 6.09. The number of carbonyl (C=O) groups is 1. The molecule has 0 radical (unpaired) electrons. The minimum atomic E-state index is -1.01. The van der Waals surface area contributed by atoms with Crippen molar-refractivity contribution in [1.29, 1.82) is 0 Å². The van der Waals surface area contributed by atoms with E-state index < -0.39 is 12.0 Å². The number of aliphatic carboxylic acids is 1. The van der Waals surface area contributed by atoms with E-state index in [1.54, 1.807) is 5.57 Å². The van der Waals surface area contributed by atoms with Gasteiger partial charge in [0.2, 0.25) is 0 Å². The molecule has 0 heterocycles. The molecule has 0 aliphatic heterocycles. The van der Waals surface area contributed by atoms with Crippen LogP contribution >= 0.6 is 0 Å². The van der Waals surface area contributed by atoms with Crippen LogP contribution < -0.4 is 5.73 Å². The molecule has 0 spiro atoms. The quantitative estimate of drug-likeness (QED) is 0.303. The molecule has 5 nitrogen and oxygen atoms in total. The van der Waals surface area contributed by atoms with Crippen molar-refractivity contribution in [2.24, 2.45) is 11.7 Å². The predicted molar refractivity (Wildman–Crippen MR) is 61.1 cm³/mol. The number of carboxylic acid groups (broad SMARTS) is 1. The predicted octanol–water partition coefficient (Wildman–Crippen LogP) is 1.24. The van der Waals surface area contributed by atoms with Gasteiger partial charge in [-0.1, -0.05) is 5.57 Å². The molecule has 1 unspecified atom stereocenters. The van der Waals surface area contributed by atoms with Crippen LogP contribution in [0.25, 0.3) is 0 Å². The summed E-state index contributed by atoms with van der Waals surface area (Å²) in [6.45, 7) is 0.744. The first-order chi connectivity index (χ1) is 8.16. The molecule has 0 aromatic carbocycles. The minimum absolute atomic E-state index is 0.222. The largest absolute Gasteiger partial charge is 0.480 e. The van der Waals surface area contributed by atoms with Crippen LogP contribution in [0.5, 0.6) is 0 Å². The summed E-state index contributed by atoms with van der Waals surface area (Å²) < 4.78 is 0. The highest BCUT2D eigenvalue weighted by Crippen LogP contribution is 2.43. The summed E-state index contributed by atoms with van der Waals surface area (Å²) in [6.07, 6.45) is 5.19. The van der Waals surface area contributed by atoms with E-state index in [9.17, 15) is 4.79 Å². The molecule has 0 aromatic heterocycles. The van der Waals surface area contributed by atoms with E-state index in [0.717, 1.165) is 12.3 Å². The van der Waals surface area contributed by atoms with Crippen molar-refractivity contribution in [2.45, 2.75) is 38.1 Å². The van der Waals surface area contributed by atoms with Crippen LogP contribution in [0.2, 0.25) is 0 Å². The van der Waals surface area contributed by atoms with E-state index in [0.29, 0.717) is 6.61 Å². The highest BCUT2D eigenvalue weighted by molar-refractivity contribution is 5.72. The normalized spacial score (nSPS) is 24.4. The average Bonchev–Trinajstić information content (AvgIpc) is 2.90. The molecule has 2 atom stereocenters. The van der Waals surface area contributed by atoms with E-state index in [1.807, 2.05) is 0 Å². The monoisotopic (exact) mass is 241 g/mol. The highest BCUT2D eigenvalue weighted by atomic mass is 17.2. The topological polar surface area (TPSA) is 81.8 Å². The van der Waals surface area contributed by atoms with Crippen molar-refractivity contribution in [2.75, 3.05) is 13.2 Å². The lowest BCUT2D eigenvalue weighted by Crippen LogP contribution is -2.31. The van der Waals surface area contributed by atoms with Crippen LogP contribution in [-0.4, -0.2) is 30.3 Å². The zero-order valence-electron chi connectivity index (χ0n) is 9.85. The number of nitrogens with two attached hydrogens (primary N) is 1. The number of rotatable bonds is 7. The number of hydrogen-bond acceptors (Lipinski definition) is 4. The van der Waals surface area contributed by atoms with Crippen LogP contribution in [0, 0.1) is 5.92 Å². The van der Waals surface area contributed by atoms with Gasteiger partial charge in [0.1, 0.15) is 12.6 Å². The van der Waals surface area contributed by atoms with Crippen molar-refractivity contribution < 1.29 is 19.7 Å². The Morgan fingerprint density at radius 3 is 2.88 bits per heavy atom. The number of allylic oxidation sites excluding steroid dienone is 1. The average molecular weight is 241 g/mol. The maximum absolute atomic E-state index is 10.4. The van der Waals surface area contributed by atoms with E-state index in [4.69, 9.17) is 20.6 Å². The number of hydrogen-bond donors (Lipinski definition) is 2. The Hall–Kier alpha value is -0.910. The highest BCUT2D eigenvalue weighted by Gasteiger charge is 2.29. The van der Waals surface area contributed by atoms with Crippen molar-refractivity contribution in [3.05, 3.63) is 11.1 Å². The third-order valence-corrected chi connectivity index (χ3v) is 3.57. The maximum atomic E-state index is 10.4. The SMILES string of the molecule is N[C@@H](CCOOCC1=C2CCC(C2)C1)C(=O)O. The first kappa shape index (κ1) is 12.5. The van der Waals surface area contributed by atoms with Crippen molar-refractivity contribution >= 4 is 5.97 Å². The molecule has 2 aliphatic carbocycles. The van der Waals surface area contributed by atoms with Crippen LogP contribution in [0.4, 0.5) is 0 Å². The first-order valence-electron chi connectivity index (χ1n) is 6.09. The number of carboxylic acids is 1. The fourth-order valence-electron chi connectivity index (χ4n) is 2.55. The molecule has 1 fully saturated rings. The summed E-state index contributed by atoms with van der Waals surface area (Å²) in [5.41, 5.74) is 8.25. The summed E-state index contributed by atoms with van der Waals surface area (Å²) in [4.78, 5) is 20.5. The molecule has 96 valence electrons. The van der Waals surface area contributed by atoms with E-state index in [1.165, 1.54) is 24.8 Å². The second kappa shape index (κ2) is 5.62. The molecule has 2 aliphatic rings. The van der Waals surface area contributed by atoms with Crippen LogP contribution in [0.3, 0.4) is 0 Å². The van der Waals surface area contributed by atoms with Gasteiger partial charge >= 0.3 is 5.97 Å². The van der Waals surface area contributed by atoms with Crippen molar-refractivity contribution in [1.82, 2.24) is 0 Å². The fourth-order valence-corrected chi connectivity index (χ4v) is 2.55. The lowest BCUT2D eigenvalue weighted by molar-refractivity contribution is -0.289. The van der Waals surface area contributed by atoms with Gasteiger partial charge in [-0.3, -0.25) is 4.79 Å². The summed E-state index contributed by atoms with van der Waals surface area (Å²) in [7, 11) is 0. The molecule has 0 amide bonds. The maximum Gasteiger partial charge on any atom is 0.320 e. The third kappa shape index (κ3) is 3.28. The van der Waals surface area contributed by atoms with Gasteiger partial charge in [-0.05, 0) is 43.6 Å². The Kier molecular flexibility index (Phi) is 4.15. The van der Waals surface area contributed by atoms with Gasteiger partial charge in [-0.25, -0.2) is 9.78 Å².